The number of carbonyl (C=O) groups is 1. The van der Waals surface area contributed by atoms with Crippen molar-refractivity contribution in [3.05, 3.63) is 53.3 Å². The molecule has 1 heterocycles. The Morgan fingerprint density at radius 2 is 2.04 bits per heavy atom. The van der Waals surface area contributed by atoms with E-state index >= 15 is 0 Å². The van der Waals surface area contributed by atoms with Gasteiger partial charge in [0, 0.05) is 17.1 Å². The molecule has 0 bridgehead atoms. The molecule has 8 heteroatoms. The van der Waals surface area contributed by atoms with Gasteiger partial charge in [0.15, 0.2) is 0 Å². The fraction of sp³-hybridized carbons (Fsp3) is 0.200. The molecule has 0 saturated carbocycles. The fourth-order valence-electron chi connectivity index (χ4n) is 1.90. The highest BCUT2D eigenvalue weighted by Crippen LogP contribution is 2.19. The number of carboxylic acids is 1. The molecule has 1 aromatic carbocycles. The average molecular weight is 355 g/mol. The van der Waals surface area contributed by atoms with Crippen LogP contribution in [-0.2, 0) is 21.2 Å². The van der Waals surface area contributed by atoms with Crippen molar-refractivity contribution in [2.75, 3.05) is 4.72 Å². The van der Waals surface area contributed by atoms with Crippen molar-refractivity contribution in [1.29, 1.82) is 0 Å². The van der Waals surface area contributed by atoms with E-state index in [4.69, 9.17) is 16.7 Å². The molecule has 0 radical (unpaired) electrons. The summed E-state index contributed by atoms with van der Waals surface area (Å²) in [6, 6.07) is 9.21. The molecule has 2 rings (SSSR count). The highest BCUT2D eigenvalue weighted by molar-refractivity contribution is 7.92. The molecule has 0 spiro atoms. The SMILES string of the molecule is O=C(O)CCCc1ccc(NS(=O)(=O)c2cccc(Cl)c2)cn1. The summed E-state index contributed by atoms with van der Waals surface area (Å²) >= 11 is 5.80. The number of rotatable bonds is 7. The van der Waals surface area contributed by atoms with E-state index in [1.54, 1.807) is 24.3 Å². The van der Waals surface area contributed by atoms with Crippen molar-refractivity contribution >= 4 is 33.3 Å². The Morgan fingerprint density at radius 1 is 1.26 bits per heavy atom. The van der Waals surface area contributed by atoms with Gasteiger partial charge < -0.3 is 5.11 Å². The number of anilines is 1. The molecule has 0 amide bonds. The molecular weight excluding hydrogens is 340 g/mol. The smallest absolute Gasteiger partial charge is 0.303 e. The van der Waals surface area contributed by atoms with Crippen LogP contribution in [0.5, 0.6) is 0 Å². The largest absolute Gasteiger partial charge is 0.481 e. The molecule has 0 aliphatic rings. The van der Waals surface area contributed by atoms with Crippen LogP contribution in [0.3, 0.4) is 0 Å². The molecule has 0 fully saturated rings. The second kappa shape index (κ2) is 7.43. The van der Waals surface area contributed by atoms with Crippen LogP contribution in [0.1, 0.15) is 18.5 Å². The van der Waals surface area contributed by atoms with Crippen LogP contribution in [0.15, 0.2) is 47.5 Å². The summed E-state index contributed by atoms with van der Waals surface area (Å²) in [4.78, 5) is 14.6. The molecular formula is C15H15ClN2O4S. The van der Waals surface area contributed by atoms with Crippen molar-refractivity contribution in [3.63, 3.8) is 0 Å². The van der Waals surface area contributed by atoms with Gasteiger partial charge in [-0.25, -0.2) is 8.42 Å². The van der Waals surface area contributed by atoms with Gasteiger partial charge in [-0.3, -0.25) is 14.5 Å². The first-order valence-electron chi connectivity index (χ1n) is 6.82. The van der Waals surface area contributed by atoms with Gasteiger partial charge in [-0.15, -0.1) is 0 Å². The van der Waals surface area contributed by atoms with Crippen LogP contribution in [0.4, 0.5) is 5.69 Å². The van der Waals surface area contributed by atoms with Crippen molar-refractivity contribution in [2.24, 2.45) is 0 Å². The van der Waals surface area contributed by atoms with Crippen LogP contribution in [0, 0.1) is 0 Å². The van der Waals surface area contributed by atoms with Crippen molar-refractivity contribution in [2.45, 2.75) is 24.2 Å². The minimum absolute atomic E-state index is 0.0653. The third-order valence-corrected chi connectivity index (χ3v) is 4.62. The maximum atomic E-state index is 12.2. The van der Waals surface area contributed by atoms with Crippen molar-refractivity contribution in [3.8, 4) is 0 Å². The normalized spacial score (nSPS) is 11.2. The average Bonchev–Trinajstić information content (AvgIpc) is 2.48. The summed E-state index contributed by atoms with van der Waals surface area (Å²) in [5.41, 5.74) is 1.03. The van der Waals surface area contributed by atoms with Crippen LogP contribution in [-0.4, -0.2) is 24.5 Å². The number of sulfonamides is 1. The lowest BCUT2D eigenvalue weighted by Gasteiger charge is -2.08. The monoisotopic (exact) mass is 354 g/mol. The van der Waals surface area contributed by atoms with Gasteiger partial charge in [0.05, 0.1) is 16.8 Å². The summed E-state index contributed by atoms with van der Waals surface area (Å²) in [6.07, 6.45) is 2.48. The summed E-state index contributed by atoms with van der Waals surface area (Å²) in [7, 11) is -3.73. The lowest BCUT2D eigenvalue weighted by atomic mass is 10.2. The van der Waals surface area contributed by atoms with E-state index in [-0.39, 0.29) is 11.3 Å². The molecule has 2 aromatic rings. The first-order chi connectivity index (χ1) is 10.9. The van der Waals surface area contributed by atoms with Gasteiger partial charge in [0.1, 0.15) is 0 Å². The maximum absolute atomic E-state index is 12.2. The third-order valence-electron chi connectivity index (χ3n) is 3.01. The van der Waals surface area contributed by atoms with Crippen molar-refractivity contribution in [1.82, 2.24) is 4.98 Å². The van der Waals surface area contributed by atoms with Crippen LogP contribution < -0.4 is 4.72 Å². The Kier molecular flexibility index (Phi) is 5.57. The van der Waals surface area contributed by atoms with E-state index in [1.165, 1.54) is 18.3 Å². The summed E-state index contributed by atoms with van der Waals surface area (Å²) in [5.74, 6) is -0.851. The van der Waals surface area contributed by atoms with E-state index in [1.807, 2.05) is 0 Å². The number of nitrogens with one attached hydrogen (secondary N) is 1. The van der Waals surface area contributed by atoms with Gasteiger partial charge in [-0.1, -0.05) is 17.7 Å². The number of hydrogen-bond acceptors (Lipinski definition) is 4. The Labute approximate surface area is 139 Å². The van der Waals surface area contributed by atoms with E-state index in [0.717, 1.165) is 0 Å². The van der Waals surface area contributed by atoms with Gasteiger partial charge in [0.25, 0.3) is 10.0 Å². The number of benzene rings is 1. The summed E-state index contributed by atoms with van der Waals surface area (Å²) in [6.45, 7) is 0. The van der Waals surface area contributed by atoms with Crippen molar-refractivity contribution < 1.29 is 18.3 Å². The molecule has 2 N–H and O–H groups in total. The van der Waals surface area contributed by atoms with E-state index in [0.29, 0.717) is 29.2 Å². The molecule has 6 nitrogen and oxygen atoms in total. The number of hydrogen-bond donors (Lipinski definition) is 2. The lowest BCUT2D eigenvalue weighted by molar-refractivity contribution is -0.137. The zero-order chi connectivity index (χ0) is 16.9. The molecule has 23 heavy (non-hydrogen) atoms. The number of pyridine rings is 1. The second-order valence-corrected chi connectivity index (χ2v) is 6.97. The molecule has 0 aliphatic carbocycles. The van der Waals surface area contributed by atoms with Crippen LogP contribution >= 0.6 is 11.6 Å². The van der Waals surface area contributed by atoms with Gasteiger partial charge in [-0.05, 0) is 43.2 Å². The minimum Gasteiger partial charge on any atom is -0.481 e. The quantitative estimate of drug-likeness (QED) is 0.796. The number of carboxylic acid groups (broad SMARTS) is 1. The molecule has 0 unspecified atom stereocenters. The highest BCUT2D eigenvalue weighted by atomic mass is 35.5. The Bertz CT molecular complexity index is 791. The number of halogens is 1. The minimum atomic E-state index is -3.73. The third kappa shape index (κ3) is 5.22. The molecule has 0 aliphatic heterocycles. The van der Waals surface area contributed by atoms with E-state index < -0.39 is 16.0 Å². The second-order valence-electron chi connectivity index (χ2n) is 4.85. The lowest BCUT2D eigenvalue weighted by Crippen LogP contribution is -2.13. The predicted molar refractivity (Wildman–Crippen MR) is 87.1 cm³/mol. The fourth-order valence-corrected chi connectivity index (χ4v) is 3.25. The van der Waals surface area contributed by atoms with E-state index in [9.17, 15) is 13.2 Å². The summed E-state index contributed by atoms with van der Waals surface area (Å²) < 4.78 is 26.9. The molecule has 0 atom stereocenters. The zero-order valence-corrected chi connectivity index (χ0v) is 13.6. The number of nitrogens with zero attached hydrogens (tertiary/aromatic N) is 1. The zero-order valence-electron chi connectivity index (χ0n) is 12.1. The van der Waals surface area contributed by atoms with Gasteiger partial charge in [-0.2, -0.15) is 0 Å². The predicted octanol–water partition coefficient (Wildman–Crippen LogP) is 2.94. The summed E-state index contributed by atoms with van der Waals surface area (Å²) in [5, 5.41) is 8.92. The number of aliphatic carboxylic acids is 1. The first kappa shape index (κ1) is 17.2. The standard InChI is InChI=1S/C15H15ClN2O4S/c16-11-3-1-5-14(9-11)23(21,22)18-13-8-7-12(17-10-13)4-2-6-15(19)20/h1,3,5,7-10,18H,2,4,6H2,(H,19,20). The Morgan fingerprint density at radius 3 is 2.65 bits per heavy atom. The molecule has 122 valence electrons. The van der Waals surface area contributed by atoms with Crippen LogP contribution in [0.25, 0.3) is 0 Å². The molecule has 0 saturated heterocycles. The van der Waals surface area contributed by atoms with Gasteiger partial charge in [0.2, 0.25) is 0 Å². The van der Waals surface area contributed by atoms with E-state index in [2.05, 4.69) is 9.71 Å². The maximum Gasteiger partial charge on any atom is 0.303 e. The first-order valence-corrected chi connectivity index (χ1v) is 8.68. The van der Waals surface area contributed by atoms with Crippen LogP contribution in [0.2, 0.25) is 5.02 Å². The highest BCUT2D eigenvalue weighted by Gasteiger charge is 2.14. The Balaban J connectivity index is 2.04. The van der Waals surface area contributed by atoms with Gasteiger partial charge >= 0.3 is 5.97 Å². The topological polar surface area (TPSA) is 96.4 Å². The molecule has 1 aromatic heterocycles. The Hall–Kier alpha value is -2.12. The number of aryl methyl sites for hydroxylation is 1. The number of aromatic nitrogens is 1.